The van der Waals surface area contributed by atoms with Gasteiger partial charge in [0, 0.05) is 73.7 Å². The zero-order valence-electron chi connectivity index (χ0n) is 34.4. The number of amides is 1. The van der Waals surface area contributed by atoms with Gasteiger partial charge in [-0.05, 0) is 102 Å². The molecule has 1 aliphatic carbocycles. The molecular weight excluding hydrogens is 830 g/mol. The van der Waals surface area contributed by atoms with Gasteiger partial charge in [-0.3, -0.25) is 19.8 Å². The first-order chi connectivity index (χ1) is 29.7. The number of aromatic hydroxyl groups is 1. The Labute approximate surface area is 365 Å². The number of fused-ring (bicyclic) bond motifs is 1. The molecule has 8 rings (SSSR count). The van der Waals surface area contributed by atoms with Gasteiger partial charge in [-0.2, -0.15) is 0 Å². The number of ether oxygens (including phenoxy) is 1. The summed E-state index contributed by atoms with van der Waals surface area (Å²) in [5.41, 5.74) is 10.4. The normalized spacial score (nSPS) is 15.4. The van der Waals surface area contributed by atoms with Crippen molar-refractivity contribution in [2.24, 2.45) is 11.1 Å². The second-order valence-electron chi connectivity index (χ2n) is 16.1. The highest BCUT2D eigenvalue weighted by Crippen LogP contribution is 2.43. The van der Waals surface area contributed by atoms with E-state index < -0.39 is 20.6 Å². The molecule has 0 spiro atoms. The summed E-state index contributed by atoms with van der Waals surface area (Å²) in [5.74, 6) is 1.14. The summed E-state index contributed by atoms with van der Waals surface area (Å²) >= 11 is 6.22. The van der Waals surface area contributed by atoms with Crippen LogP contribution in [0.4, 0.5) is 17.1 Å². The van der Waals surface area contributed by atoms with Crippen LogP contribution in [0.3, 0.4) is 0 Å². The predicted molar refractivity (Wildman–Crippen MR) is 242 cm³/mol. The fourth-order valence-electron chi connectivity index (χ4n) is 7.96. The highest BCUT2D eigenvalue weighted by Gasteiger charge is 2.30. The third-order valence-corrected chi connectivity index (χ3v) is 13.1. The number of nitro benzene ring substituents is 1. The Morgan fingerprint density at radius 1 is 0.968 bits per heavy atom. The van der Waals surface area contributed by atoms with Crippen LogP contribution < -0.4 is 20.7 Å². The van der Waals surface area contributed by atoms with Crippen LogP contribution in [-0.2, 0) is 21.4 Å². The summed E-state index contributed by atoms with van der Waals surface area (Å²) in [5, 5.41) is 26.0. The molecule has 6 aromatic rings. The summed E-state index contributed by atoms with van der Waals surface area (Å²) in [4.78, 5) is 29.1. The first kappa shape index (κ1) is 43.7. The number of nitrogens with zero attached hydrogens (tertiary/aromatic N) is 5. The van der Waals surface area contributed by atoms with Gasteiger partial charge in [0.15, 0.2) is 5.65 Å². The molecule has 0 radical (unpaired) electrons. The number of hydrogen-bond donors (Lipinski definition) is 3. The Morgan fingerprint density at radius 2 is 1.71 bits per heavy atom. The van der Waals surface area contributed by atoms with Gasteiger partial charge < -0.3 is 25.8 Å². The van der Waals surface area contributed by atoms with Crippen molar-refractivity contribution in [3.63, 3.8) is 0 Å². The third kappa shape index (κ3) is 10.2. The Kier molecular flexibility index (Phi) is 13.2. The fourth-order valence-corrected chi connectivity index (χ4v) is 9.41. The second-order valence-corrected chi connectivity index (χ2v) is 18.3. The van der Waals surface area contributed by atoms with Crippen molar-refractivity contribution in [3.8, 4) is 17.2 Å². The summed E-state index contributed by atoms with van der Waals surface area (Å²) in [6.45, 7) is 9.53. The molecule has 3 heterocycles. The maximum absolute atomic E-state index is 13.8. The number of nitrogens with two attached hydrogens (primary N) is 1. The van der Waals surface area contributed by atoms with E-state index in [0.29, 0.717) is 22.4 Å². The van der Waals surface area contributed by atoms with Crippen LogP contribution in [0.1, 0.15) is 44.2 Å². The predicted octanol–water partition coefficient (Wildman–Crippen LogP) is 8.83. The van der Waals surface area contributed by atoms with E-state index in [1.54, 1.807) is 24.3 Å². The molecule has 62 heavy (non-hydrogen) atoms. The number of halogens is 1. The van der Waals surface area contributed by atoms with Crippen LogP contribution in [0.15, 0.2) is 126 Å². The van der Waals surface area contributed by atoms with Gasteiger partial charge in [0.25, 0.3) is 15.7 Å². The van der Waals surface area contributed by atoms with E-state index in [4.69, 9.17) is 21.1 Å². The number of aromatic nitrogens is 2. The Morgan fingerprint density at radius 3 is 2.44 bits per heavy atom. The number of benzene rings is 4. The van der Waals surface area contributed by atoms with Crippen LogP contribution in [0.2, 0.25) is 5.02 Å². The number of nitrogens with one attached hydrogen (secondary N) is 1. The second kappa shape index (κ2) is 18.7. The SMILES string of the molecule is CC1(C)CCC(CN2CCN(c3cccc(Oc4cnc5c(ccn5S(=O)(=O)c5ccc(NCc6cccc(O)c6)c([N+](=O)[O-])c5)c4)c3)CC2)=C(c2ccc(Cl)cc2)C1.NC=O. The monoisotopic (exact) mass is 877 g/mol. The number of pyridine rings is 1. The van der Waals surface area contributed by atoms with Crippen molar-refractivity contribution in [2.45, 2.75) is 44.6 Å². The van der Waals surface area contributed by atoms with E-state index in [1.807, 2.05) is 30.3 Å². The van der Waals surface area contributed by atoms with Gasteiger partial charge in [0.2, 0.25) is 6.41 Å². The van der Waals surface area contributed by atoms with E-state index in [-0.39, 0.29) is 40.3 Å². The van der Waals surface area contributed by atoms with Crippen molar-refractivity contribution in [1.82, 2.24) is 13.9 Å². The Balaban J connectivity index is 0.00000187. The van der Waals surface area contributed by atoms with Crippen molar-refractivity contribution in [1.29, 1.82) is 0 Å². The molecule has 1 amide bonds. The van der Waals surface area contributed by atoms with Gasteiger partial charge in [-0.1, -0.05) is 61.4 Å². The lowest BCUT2D eigenvalue weighted by molar-refractivity contribution is -0.384. The van der Waals surface area contributed by atoms with Crippen molar-refractivity contribution in [3.05, 3.63) is 147 Å². The number of primary amides is 1. The van der Waals surface area contributed by atoms with Crippen molar-refractivity contribution >= 4 is 61.7 Å². The van der Waals surface area contributed by atoms with Gasteiger partial charge in [-0.25, -0.2) is 17.4 Å². The van der Waals surface area contributed by atoms with E-state index in [2.05, 4.69) is 57.9 Å². The molecule has 0 bridgehead atoms. The highest BCUT2D eigenvalue weighted by molar-refractivity contribution is 7.90. The minimum atomic E-state index is -4.26. The maximum atomic E-state index is 13.8. The number of carbonyl (C=O) groups excluding carboxylic acids is 1. The number of piperazine rings is 1. The smallest absolute Gasteiger partial charge is 0.293 e. The summed E-state index contributed by atoms with van der Waals surface area (Å²) in [7, 11) is -4.26. The molecule has 16 heteroatoms. The molecule has 14 nitrogen and oxygen atoms in total. The molecular formula is C46H48ClN7O7S. The molecule has 0 atom stereocenters. The molecule has 0 unspecified atom stereocenters. The van der Waals surface area contributed by atoms with Crippen LogP contribution in [0.5, 0.6) is 17.2 Å². The quantitative estimate of drug-likeness (QED) is 0.0606. The summed E-state index contributed by atoms with van der Waals surface area (Å²) in [6.07, 6.45) is 6.45. The molecule has 4 N–H and O–H groups in total. The lowest BCUT2D eigenvalue weighted by atomic mass is 9.72. The number of rotatable bonds is 12. The average Bonchev–Trinajstić information content (AvgIpc) is 3.69. The number of nitro groups is 1. The lowest BCUT2D eigenvalue weighted by Gasteiger charge is -2.39. The minimum absolute atomic E-state index is 0.0683. The molecule has 1 saturated heterocycles. The summed E-state index contributed by atoms with van der Waals surface area (Å²) < 4.78 is 34.9. The molecule has 1 aliphatic heterocycles. The van der Waals surface area contributed by atoms with Crippen LogP contribution >= 0.6 is 11.6 Å². The molecule has 0 saturated carbocycles. The number of allylic oxidation sites excluding steroid dienone is 1. The van der Waals surface area contributed by atoms with E-state index in [9.17, 15) is 23.6 Å². The minimum Gasteiger partial charge on any atom is -0.508 e. The Bertz CT molecular complexity index is 2730. The zero-order valence-corrected chi connectivity index (χ0v) is 36.0. The van der Waals surface area contributed by atoms with E-state index >= 15 is 0 Å². The first-order valence-corrected chi connectivity index (χ1v) is 22.0. The van der Waals surface area contributed by atoms with Gasteiger partial charge >= 0.3 is 0 Å². The zero-order chi connectivity index (χ0) is 44.0. The molecule has 322 valence electrons. The van der Waals surface area contributed by atoms with Crippen LogP contribution in [0.25, 0.3) is 16.6 Å². The van der Waals surface area contributed by atoms with Crippen molar-refractivity contribution < 1.29 is 28.0 Å². The average molecular weight is 878 g/mol. The number of phenolic OH excluding ortho intramolecular Hbond substituents is 1. The topological polar surface area (TPSA) is 186 Å². The molecule has 4 aromatic carbocycles. The molecule has 2 aliphatic rings. The number of anilines is 2. The largest absolute Gasteiger partial charge is 0.508 e. The molecule has 2 aromatic heterocycles. The first-order valence-electron chi connectivity index (χ1n) is 20.1. The highest BCUT2D eigenvalue weighted by atomic mass is 35.5. The standard InChI is InChI=1S/C45H45ClN6O6S.CH3NO/c1-45(2)17-15-34(41(27-45)32-9-11-35(46)12-10-32)30-49-19-21-50(22-20-49)36-6-4-8-38(25-36)58-39-24-33-16-18-51(44(33)48-29-39)59(56,57)40-13-14-42(43(26-40)52(54)55)47-28-31-5-3-7-37(53)23-31;2-1-3/h3-14,16,18,23-26,29,47,53H,15,17,19-22,27-28,30H2,1-2H3;1H,(H2,2,3). The Hall–Kier alpha value is -6.42. The van der Waals surface area contributed by atoms with E-state index in [0.717, 1.165) is 66.3 Å². The lowest BCUT2D eigenvalue weighted by Crippen LogP contribution is -2.47. The summed E-state index contributed by atoms with van der Waals surface area (Å²) in [6, 6.07) is 29.7. The number of hydrogen-bond acceptors (Lipinski definition) is 11. The maximum Gasteiger partial charge on any atom is 0.293 e. The van der Waals surface area contributed by atoms with Crippen molar-refractivity contribution in [2.75, 3.05) is 42.9 Å². The fraction of sp³-hybridized carbons (Fsp3) is 0.261. The molecule has 1 fully saturated rings. The van der Waals surface area contributed by atoms with Gasteiger partial charge in [-0.15, -0.1) is 0 Å². The number of phenols is 1. The van der Waals surface area contributed by atoms with E-state index in [1.165, 1.54) is 59.8 Å². The van der Waals surface area contributed by atoms with Crippen LogP contribution in [-0.4, -0.2) is 71.4 Å². The van der Waals surface area contributed by atoms with Crippen LogP contribution in [0, 0.1) is 15.5 Å². The third-order valence-electron chi connectivity index (χ3n) is 11.2. The number of carbonyl (C=O) groups is 1. The van der Waals surface area contributed by atoms with Gasteiger partial charge in [0.1, 0.15) is 22.9 Å². The van der Waals surface area contributed by atoms with Gasteiger partial charge in [0.05, 0.1) is 16.0 Å².